The molecule has 0 saturated carbocycles. The van der Waals surface area contributed by atoms with Crippen LogP contribution in [0.2, 0.25) is 0 Å². The zero-order chi connectivity index (χ0) is 15.9. The molecule has 1 fully saturated rings. The summed E-state index contributed by atoms with van der Waals surface area (Å²) in [4.78, 5) is 20.8. The van der Waals surface area contributed by atoms with Crippen molar-refractivity contribution < 1.29 is 22.5 Å². The van der Waals surface area contributed by atoms with Crippen LogP contribution in [0.5, 0.6) is 0 Å². The Kier molecular flexibility index (Phi) is 3.34. The number of carbonyl (C=O) groups is 1. The summed E-state index contributed by atoms with van der Waals surface area (Å²) < 4.78 is 45.2. The highest BCUT2D eigenvalue weighted by Gasteiger charge is 2.50. The van der Waals surface area contributed by atoms with E-state index >= 15 is 0 Å². The van der Waals surface area contributed by atoms with Crippen molar-refractivity contribution in [3.05, 3.63) is 41.6 Å². The van der Waals surface area contributed by atoms with E-state index in [1.54, 1.807) is 6.92 Å². The van der Waals surface area contributed by atoms with Gasteiger partial charge in [-0.2, -0.15) is 4.98 Å². The molecule has 0 radical (unpaired) electrons. The summed E-state index contributed by atoms with van der Waals surface area (Å²) in [6.45, 7) is 0.769. The number of amides is 1. The fourth-order valence-corrected chi connectivity index (χ4v) is 2.35. The minimum Gasteiger partial charge on any atom is -0.337 e. The Balaban J connectivity index is 1.92. The number of hydrogen-bond acceptors (Lipinski definition) is 5. The van der Waals surface area contributed by atoms with Crippen LogP contribution < -0.4 is 0 Å². The third-order valence-electron chi connectivity index (χ3n) is 3.31. The van der Waals surface area contributed by atoms with E-state index in [1.807, 2.05) is 0 Å². The molecule has 22 heavy (non-hydrogen) atoms. The van der Waals surface area contributed by atoms with Crippen molar-refractivity contribution in [2.45, 2.75) is 25.3 Å². The van der Waals surface area contributed by atoms with E-state index in [9.17, 15) is 18.0 Å². The summed E-state index contributed by atoms with van der Waals surface area (Å²) in [5.74, 6) is -4.18. The van der Waals surface area contributed by atoms with Crippen LogP contribution in [0.3, 0.4) is 0 Å². The first-order valence-electron chi connectivity index (χ1n) is 6.46. The average molecular weight is 312 g/mol. The fraction of sp³-hybridized carbons (Fsp3) is 0.385. The van der Waals surface area contributed by atoms with E-state index in [-0.39, 0.29) is 17.4 Å². The molecule has 1 amide bonds. The molecular formula is C13H11F3N4O2. The van der Waals surface area contributed by atoms with Crippen molar-refractivity contribution in [2.24, 2.45) is 0 Å². The number of hydrogen-bond donors (Lipinski definition) is 0. The minimum atomic E-state index is -3.07. The number of carbonyl (C=O) groups excluding carboxylic acids is 1. The van der Waals surface area contributed by atoms with Gasteiger partial charge >= 0.3 is 0 Å². The van der Waals surface area contributed by atoms with Crippen LogP contribution in [-0.2, 0) is 0 Å². The monoisotopic (exact) mass is 312 g/mol. The van der Waals surface area contributed by atoms with E-state index in [2.05, 4.69) is 15.1 Å². The molecule has 3 rings (SSSR count). The van der Waals surface area contributed by atoms with Crippen LogP contribution in [0.4, 0.5) is 13.2 Å². The normalized spacial score (nSPS) is 20.4. The molecule has 1 aliphatic rings. The topological polar surface area (TPSA) is 72.1 Å². The molecule has 0 N–H and O–H groups in total. The molecule has 116 valence electrons. The predicted octanol–water partition coefficient (Wildman–Crippen LogP) is 2.13. The Bertz CT molecular complexity index is 702. The van der Waals surface area contributed by atoms with Crippen molar-refractivity contribution in [3.8, 4) is 0 Å². The van der Waals surface area contributed by atoms with Gasteiger partial charge in [-0.25, -0.2) is 18.2 Å². The molecule has 0 unspecified atom stereocenters. The molecule has 6 nitrogen and oxygen atoms in total. The van der Waals surface area contributed by atoms with Crippen LogP contribution in [0.15, 0.2) is 22.9 Å². The molecule has 0 bridgehead atoms. The molecule has 2 aromatic rings. The highest BCUT2D eigenvalue weighted by Crippen LogP contribution is 2.41. The Morgan fingerprint density at radius 1 is 1.45 bits per heavy atom. The SMILES string of the molecule is Cc1noc([C@@H]2CC(F)(F)CN2C(=O)c2ccc(F)cn2)n1. The van der Waals surface area contributed by atoms with Gasteiger partial charge in [0.1, 0.15) is 17.6 Å². The van der Waals surface area contributed by atoms with Gasteiger partial charge in [-0.3, -0.25) is 4.79 Å². The first-order chi connectivity index (χ1) is 10.4. The first kappa shape index (κ1) is 14.5. The maximum atomic E-state index is 13.7. The maximum Gasteiger partial charge on any atom is 0.273 e. The largest absolute Gasteiger partial charge is 0.337 e. The van der Waals surface area contributed by atoms with Crippen molar-refractivity contribution in [1.82, 2.24) is 20.0 Å². The van der Waals surface area contributed by atoms with Crippen LogP contribution in [-0.4, -0.2) is 38.4 Å². The van der Waals surface area contributed by atoms with Crippen molar-refractivity contribution in [1.29, 1.82) is 0 Å². The standard InChI is InChI=1S/C13H11F3N4O2/c1-7-18-11(22-19-7)10-4-13(15,16)6-20(10)12(21)9-3-2-8(14)5-17-9/h2-3,5,10H,4,6H2,1H3/t10-/m0/s1. The van der Waals surface area contributed by atoms with Gasteiger partial charge in [0, 0.05) is 6.42 Å². The number of halogens is 3. The molecule has 1 atom stereocenters. The van der Waals surface area contributed by atoms with Gasteiger partial charge in [0.15, 0.2) is 5.82 Å². The molecule has 3 heterocycles. The minimum absolute atomic E-state index is 0.0508. The number of rotatable bonds is 2. The smallest absolute Gasteiger partial charge is 0.273 e. The first-order valence-corrected chi connectivity index (χ1v) is 6.46. The number of nitrogens with zero attached hydrogens (tertiary/aromatic N) is 4. The lowest BCUT2D eigenvalue weighted by Gasteiger charge is -2.20. The van der Waals surface area contributed by atoms with E-state index in [0.717, 1.165) is 23.2 Å². The van der Waals surface area contributed by atoms with Gasteiger partial charge in [0.05, 0.1) is 12.7 Å². The fourth-order valence-electron chi connectivity index (χ4n) is 2.35. The third-order valence-corrected chi connectivity index (χ3v) is 3.31. The quantitative estimate of drug-likeness (QED) is 0.849. The summed E-state index contributed by atoms with van der Waals surface area (Å²) >= 11 is 0. The second-order valence-corrected chi connectivity index (χ2v) is 5.05. The van der Waals surface area contributed by atoms with Crippen LogP contribution >= 0.6 is 0 Å². The summed E-state index contributed by atoms with van der Waals surface area (Å²) in [7, 11) is 0. The van der Waals surface area contributed by atoms with E-state index in [1.165, 1.54) is 0 Å². The maximum absolute atomic E-state index is 13.7. The lowest BCUT2D eigenvalue weighted by atomic mass is 10.2. The molecule has 0 aromatic carbocycles. The van der Waals surface area contributed by atoms with Crippen molar-refractivity contribution in [2.75, 3.05) is 6.54 Å². The predicted molar refractivity (Wildman–Crippen MR) is 66.6 cm³/mol. The molecular weight excluding hydrogens is 301 g/mol. The molecule has 0 aliphatic carbocycles. The molecule has 1 aliphatic heterocycles. The summed E-state index contributed by atoms with van der Waals surface area (Å²) in [5.41, 5.74) is -0.125. The Labute approximate surface area is 122 Å². The van der Waals surface area contributed by atoms with E-state index in [0.29, 0.717) is 0 Å². The highest BCUT2D eigenvalue weighted by atomic mass is 19.3. The van der Waals surface area contributed by atoms with Crippen molar-refractivity contribution >= 4 is 5.91 Å². The van der Waals surface area contributed by atoms with Gasteiger partial charge < -0.3 is 9.42 Å². The molecule has 2 aromatic heterocycles. The zero-order valence-electron chi connectivity index (χ0n) is 11.5. The summed E-state index contributed by atoms with van der Waals surface area (Å²) in [6, 6.07) is 1.15. The second kappa shape index (κ2) is 5.08. The number of alkyl halides is 2. The highest BCUT2D eigenvalue weighted by molar-refractivity contribution is 5.92. The van der Waals surface area contributed by atoms with Crippen molar-refractivity contribution in [3.63, 3.8) is 0 Å². The number of pyridine rings is 1. The van der Waals surface area contributed by atoms with Gasteiger partial charge in [-0.05, 0) is 19.1 Å². The average Bonchev–Trinajstić information content (AvgIpc) is 3.02. The summed E-state index contributed by atoms with van der Waals surface area (Å²) in [6.07, 6.45) is 0.245. The van der Waals surface area contributed by atoms with Crippen LogP contribution in [0.1, 0.15) is 34.7 Å². The second-order valence-electron chi connectivity index (χ2n) is 5.05. The Hall–Kier alpha value is -2.45. The lowest BCUT2D eigenvalue weighted by Crippen LogP contribution is -2.33. The Morgan fingerprint density at radius 2 is 2.23 bits per heavy atom. The third kappa shape index (κ3) is 2.66. The summed E-state index contributed by atoms with van der Waals surface area (Å²) in [5, 5.41) is 3.55. The lowest BCUT2D eigenvalue weighted by molar-refractivity contribution is 0.0116. The number of aromatic nitrogens is 3. The van der Waals surface area contributed by atoms with Gasteiger partial charge in [-0.1, -0.05) is 5.16 Å². The zero-order valence-corrected chi connectivity index (χ0v) is 11.5. The number of likely N-dealkylation sites (tertiary alicyclic amines) is 1. The van der Waals surface area contributed by atoms with Gasteiger partial charge in [0.2, 0.25) is 5.89 Å². The molecule has 0 spiro atoms. The van der Waals surface area contributed by atoms with E-state index < -0.39 is 36.7 Å². The molecule has 1 saturated heterocycles. The van der Waals surface area contributed by atoms with Crippen LogP contribution in [0, 0.1) is 12.7 Å². The Morgan fingerprint density at radius 3 is 2.82 bits per heavy atom. The van der Waals surface area contributed by atoms with Crippen LogP contribution in [0.25, 0.3) is 0 Å². The van der Waals surface area contributed by atoms with E-state index in [4.69, 9.17) is 4.52 Å². The van der Waals surface area contributed by atoms with Gasteiger partial charge in [-0.15, -0.1) is 0 Å². The molecule has 9 heteroatoms. The van der Waals surface area contributed by atoms with Gasteiger partial charge in [0.25, 0.3) is 11.8 Å². The number of aryl methyl sites for hydroxylation is 1.